The van der Waals surface area contributed by atoms with E-state index >= 15 is 0 Å². The lowest BCUT2D eigenvalue weighted by Gasteiger charge is -2.33. The summed E-state index contributed by atoms with van der Waals surface area (Å²) < 4.78 is 31.8. The van der Waals surface area contributed by atoms with Crippen LogP contribution in [0, 0.1) is 11.7 Å². The van der Waals surface area contributed by atoms with E-state index in [2.05, 4.69) is 14.6 Å². The summed E-state index contributed by atoms with van der Waals surface area (Å²) in [4.78, 5) is 2.56. The molecular formula is C17H23N5O2S2. The van der Waals surface area contributed by atoms with Crippen molar-refractivity contribution >= 4 is 22.2 Å². The third-order valence-electron chi connectivity index (χ3n) is 5.02. The van der Waals surface area contributed by atoms with Gasteiger partial charge in [0.25, 0.3) is 0 Å². The maximum Gasteiger partial charge on any atom is 0.243 e. The van der Waals surface area contributed by atoms with Crippen LogP contribution >= 0.6 is 12.2 Å². The number of rotatable bonds is 5. The molecule has 1 saturated heterocycles. The molecule has 0 radical (unpaired) electrons. The van der Waals surface area contributed by atoms with Crippen LogP contribution in [0.5, 0.6) is 0 Å². The summed E-state index contributed by atoms with van der Waals surface area (Å²) in [7, 11) is -3.42. The Morgan fingerprint density at radius 1 is 1.12 bits per heavy atom. The Hall–Kier alpha value is -1.55. The van der Waals surface area contributed by atoms with E-state index in [1.807, 2.05) is 30.1 Å². The van der Waals surface area contributed by atoms with E-state index in [4.69, 9.17) is 12.2 Å². The summed E-state index contributed by atoms with van der Waals surface area (Å²) in [6.45, 7) is 4.85. The molecule has 0 spiro atoms. The quantitative estimate of drug-likeness (QED) is 0.728. The van der Waals surface area contributed by atoms with Gasteiger partial charge in [-0.05, 0) is 44.1 Å². The van der Waals surface area contributed by atoms with Crippen molar-refractivity contribution in [2.24, 2.45) is 0 Å². The fraction of sp³-hybridized carbons (Fsp3) is 0.529. The molecular weight excluding hydrogens is 370 g/mol. The van der Waals surface area contributed by atoms with E-state index in [0.717, 1.165) is 10.3 Å². The van der Waals surface area contributed by atoms with E-state index in [0.29, 0.717) is 43.8 Å². The van der Waals surface area contributed by atoms with Crippen LogP contribution in [0.3, 0.4) is 0 Å². The van der Waals surface area contributed by atoms with E-state index in [1.54, 1.807) is 16.4 Å². The first-order valence-corrected chi connectivity index (χ1v) is 10.7. The zero-order chi connectivity index (χ0) is 18.3. The number of hydrogen-bond acceptors (Lipinski definition) is 5. The second kappa shape index (κ2) is 6.88. The molecule has 2 heterocycles. The van der Waals surface area contributed by atoms with Gasteiger partial charge in [-0.15, -0.1) is 0 Å². The molecule has 4 rings (SSSR count). The van der Waals surface area contributed by atoms with E-state index in [1.165, 1.54) is 12.8 Å². The molecule has 0 amide bonds. The minimum Gasteiger partial charge on any atom is -0.303 e. The summed E-state index contributed by atoms with van der Waals surface area (Å²) in [6, 6.07) is 7.55. The van der Waals surface area contributed by atoms with Gasteiger partial charge in [0.05, 0.1) is 11.6 Å². The smallest absolute Gasteiger partial charge is 0.243 e. The Morgan fingerprint density at radius 3 is 2.38 bits per heavy atom. The number of nitrogens with zero attached hydrogens (tertiary/aromatic N) is 5. The predicted octanol–water partition coefficient (Wildman–Crippen LogP) is 2.02. The van der Waals surface area contributed by atoms with Crippen molar-refractivity contribution in [1.82, 2.24) is 23.6 Å². The molecule has 0 unspecified atom stereocenters. The number of aromatic nitrogens is 3. The van der Waals surface area contributed by atoms with Crippen molar-refractivity contribution in [3.05, 3.63) is 40.9 Å². The maximum absolute atomic E-state index is 12.8. The highest BCUT2D eigenvalue weighted by Crippen LogP contribution is 2.34. The van der Waals surface area contributed by atoms with Gasteiger partial charge in [-0.25, -0.2) is 13.1 Å². The van der Waals surface area contributed by atoms with Gasteiger partial charge < -0.3 is 4.57 Å². The third-order valence-corrected chi connectivity index (χ3v) is 7.36. The molecule has 2 aliphatic rings. The summed E-state index contributed by atoms with van der Waals surface area (Å²) >= 11 is 5.50. The minimum absolute atomic E-state index is 0.363. The van der Waals surface area contributed by atoms with E-state index in [-0.39, 0.29) is 0 Å². The van der Waals surface area contributed by atoms with Crippen molar-refractivity contribution in [2.45, 2.75) is 37.4 Å². The molecule has 1 saturated carbocycles. The van der Waals surface area contributed by atoms with Crippen molar-refractivity contribution in [3.63, 3.8) is 0 Å². The molecule has 0 N–H and O–H groups in total. The number of benzene rings is 1. The molecule has 1 aliphatic carbocycles. The van der Waals surface area contributed by atoms with Gasteiger partial charge in [0.1, 0.15) is 6.33 Å². The lowest BCUT2D eigenvalue weighted by Crippen LogP contribution is -2.48. The van der Waals surface area contributed by atoms with Crippen LogP contribution in [0.2, 0.25) is 0 Å². The Kier molecular flexibility index (Phi) is 4.72. The van der Waals surface area contributed by atoms with Crippen LogP contribution < -0.4 is 0 Å². The van der Waals surface area contributed by atoms with E-state index in [9.17, 15) is 8.42 Å². The second-order valence-electron chi connectivity index (χ2n) is 7.03. The molecule has 2 aromatic rings. The summed E-state index contributed by atoms with van der Waals surface area (Å²) in [5, 5.41) is 4.40. The molecule has 1 aromatic heterocycles. The zero-order valence-corrected chi connectivity index (χ0v) is 16.4. The molecule has 7 nitrogen and oxygen atoms in total. The lowest BCUT2D eigenvalue weighted by molar-refractivity contribution is 0.144. The number of sulfonamides is 1. The predicted molar refractivity (Wildman–Crippen MR) is 101 cm³/mol. The molecule has 140 valence electrons. The first-order valence-electron chi connectivity index (χ1n) is 8.88. The highest BCUT2D eigenvalue weighted by Gasteiger charge is 2.29. The average Bonchev–Trinajstić information content (AvgIpc) is 3.41. The summed E-state index contributed by atoms with van der Waals surface area (Å²) in [5.41, 5.74) is 1.05. The zero-order valence-electron chi connectivity index (χ0n) is 14.8. The third kappa shape index (κ3) is 3.48. The van der Waals surface area contributed by atoms with Gasteiger partial charge in [-0.1, -0.05) is 17.7 Å². The first-order chi connectivity index (χ1) is 12.4. The van der Waals surface area contributed by atoms with Crippen LogP contribution in [0.15, 0.2) is 35.5 Å². The van der Waals surface area contributed by atoms with Gasteiger partial charge in [-0.3, -0.25) is 4.90 Å². The number of aryl methyl sites for hydroxylation is 1. The number of hydrogen-bond donors (Lipinski definition) is 0. The highest BCUT2D eigenvalue weighted by atomic mass is 32.2. The van der Waals surface area contributed by atoms with E-state index < -0.39 is 10.0 Å². The highest BCUT2D eigenvalue weighted by molar-refractivity contribution is 7.89. The molecule has 1 aromatic carbocycles. The van der Waals surface area contributed by atoms with Gasteiger partial charge >= 0.3 is 0 Å². The van der Waals surface area contributed by atoms with Crippen molar-refractivity contribution in [3.8, 4) is 0 Å². The standard InChI is InChI=1S/C17H23N5O2S2/c1-14-2-6-16(7-3-14)26(23,24)20-10-8-19(9-11-20)13-22-17(25)21(12-18-22)15-4-5-15/h2-3,6-7,12,15H,4-5,8-11,13H2,1H3. The van der Waals surface area contributed by atoms with Gasteiger partial charge in [-0.2, -0.15) is 9.40 Å². The van der Waals surface area contributed by atoms with Crippen molar-refractivity contribution in [1.29, 1.82) is 0 Å². The first kappa shape index (κ1) is 17.8. The topological polar surface area (TPSA) is 63.4 Å². The van der Waals surface area contributed by atoms with Crippen LogP contribution in [-0.2, 0) is 16.7 Å². The Labute approximate surface area is 158 Å². The monoisotopic (exact) mass is 393 g/mol. The maximum atomic E-state index is 12.8. The Balaban J connectivity index is 1.39. The fourth-order valence-electron chi connectivity index (χ4n) is 3.21. The molecule has 0 atom stereocenters. The van der Waals surface area contributed by atoms with Gasteiger partial charge in [0.15, 0.2) is 4.77 Å². The summed E-state index contributed by atoms with van der Waals surface area (Å²) in [6.07, 6.45) is 4.17. The van der Waals surface area contributed by atoms with Crippen molar-refractivity contribution < 1.29 is 8.42 Å². The Bertz CT molecular complexity index is 936. The second-order valence-corrected chi connectivity index (χ2v) is 9.33. The molecule has 1 aliphatic heterocycles. The van der Waals surface area contributed by atoms with Crippen molar-refractivity contribution in [2.75, 3.05) is 26.2 Å². The van der Waals surface area contributed by atoms with Crippen LogP contribution in [0.4, 0.5) is 0 Å². The Morgan fingerprint density at radius 2 is 1.77 bits per heavy atom. The lowest BCUT2D eigenvalue weighted by atomic mass is 10.2. The SMILES string of the molecule is Cc1ccc(S(=O)(=O)N2CCN(Cn3ncn(C4CC4)c3=S)CC2)cc1. The average molecular weight is 394 g/mol. The molecule has 26 heavy (non-hydrogen) atoms. The van der Waals surface area contributed by atoms with Crippen LogP contribution in [0.25, 0.3) is 0 Å². The minimum atomic E-state index is -3.42. The number of piperazine rings is 1. The van der Waals surface area contributed by atoms with Gasteiger partial charge in [0, 0.05) is 32.2 Å². The van der Waals surface area contributed by atoms with Crippen LogP contribution in [-0.4, -0.2) is 58.1 Å². The van der Waals surface area contributed by atoms with Gasteiger partial charge in [0.2, 0.25) is 10.0 Å². The largest absolute Gasteiger partial charge is 0.303 e. The van der Waals surface area contributed by atoms with Crippen LogP contribution in [0.1, 0.15) is 24.4 Å². The normalized spacial score (nSPS) is 19.7. The molecule has 0 bridgehead atoms. The molecule has 2 fully saturated rings. The fourth-order valence-corrected chi connectivity index (χ4v) is 4.93. The summed E-state index contributed by atoms with van der Waals surface area (Å²) in [5.74, 6) is 0. The molecule has 9 heteroatoms.